The van der Waals surface area contributed by atoms with Crippen LogP contribution in [-0.2, 0) is 16.6 Å². The van der Waals surface area contributed by atoms with E-state index in [1.165, 1.54) is 36.4 Å². The van der Waals surface area contributed by atoms with Gasteiger partial charge in [0.25, 0.3) is 10.0 Å². The van der Waals surface area contributed by atoms with Crippen LogP contribution < -0.4 is 15.2 Å². The third kappa shape index (κ3) is 3.92. The second kappa shape index (κ2) is 6.10. The molecule has 0 amide bonds. The number of benzene rings is 1. The van der Waals surface area contributed by atoms with Crippen LogP contribution >= 0.6 is 0 Å². The zero-order valence-corrected chi connectivity index (χ0v) is 11.4. The molecule has 0 bridgehead atoms. The number of ether oxygens (including phenoxy) is 1. The highest BCUT2D eigenvalue weighted by molar-refractivity contribution is 7.92. The molecule has 0 aliphatic rings. The van der Waals surface area contributed by atoms with Crippen molar-refractivity contribution in [3.63, 3.8) is 0 Å². The van der Waals surface area contributed by atoms with E-state index in [0.717, 1.165) is 0 Å². The molecule has 0 fully saturated rings. The summed E-state index contributed by atoms with van der Waals surface area (Å²) < 4.78 is 59.4. The first-order valence-corrected chi connectivity index (χ1v) is 7.25. The van der Waals surface area contributed by atoms with Gasteiger partial charge in [-0.1, -0.05) is 0 Å². The zero-order chi connectivity index (χ0) is 15.5. The van der Waals surface area contributed by atoms with Crippen molar-refractivity contribution < 1.29 is 26.4 Å². The first-order chi connectivity index (χ1) is 9.90. The van der Waals surface area contributed by atoms with E-state index in [1.807, 2.05) is 0 Å². The second-order valence-corrected chi connectivity index (χ2v) is 5.55. The predicted octanol–water partition coefficient (Wildman–Crippen LogP) is 2.14. The van der Waals surface area contributed by atoms with Crippen molar-refractivity contribution in [1.29, 1.82) is 0 Å². The molecule has 0 unspecified atom stereocenters. The number of hydrogen-bond donors (Lipinski definition) is 2. The van der Waals surface area contributed by atoms with E-state index in [9.17, 15) is 17.2 Å². The number of nitrogens with two attached hydrogens (primary N) is 1. The predicted molar refractivity (Wildman–Crippen MR) is 70.5 cm³/mol. The van der Waals surface area contributed by atoms with Gasteiger partial charge in [-0.15, -0.1) is 0 Å². The van der Waals surface area contributed by atoms with E-state index in [-0.39, 0.29) is 23.1 Å². The number of halogens is 2. The van der Waals surface area contributed by atoms with Gasteiger partial charge in [-0.05, 0) is 36.4 Å². The van der Waals surface area contributed by atoms with Gasteiger partial charge >= 0.3 is 6.61 Å². The summed E-state index contributed by atoms with van der Waals surface area (Å²) >= 11 is 0. The molecule has 0 aliphatic carbocycles. The summed E-state index contributed by atoms with van der Waals surface area (Å²) in [5.74, 6) is 0.257. The molecule has 0 spiro atoms. The Morgan fingerprint density at radius 3 is 2.38 bits per heavy atom. The van der Waals surface area contributed by atoms with Gasteiger partial charge < -0.3 is 14.9 Å². The lowest BCUT2D eigenvalue weighted by atomic mass is 10.3. The van der Waals surface area contributed by atoms with Crippen LogP contribution in [0.5, 0.6) is 5.75 Å². The van der Waals surface area contributed by atoms with Crippen molar-refractivity contribution in [1.82, 2.24) is 0 Å². The summed E-state index contributed by atoms with van der Waals surface area (Å²) in [5.41, 5.74) is 5.51. The van der Waals surface area contributed by atoms with E-state index in [2.05, 4.69) is 9.46 Å². The van der Waals surface area contributed by atoms with E-state index in [0.29, 0.717) is 5.76 Å². The monoisotopic (exact) mass is 318 g/mol. The molecule has 2 aromatic rings. The molecular weight excluding hydrogens is 306 g/mol. The van der Waals surface area contributed by atoms with Crippen molar-refractivity contribution >= 4 is 15.7 Å². The topological polar surface area (TPSA) is 94.6 Å². The Balaban J connectivity index is 2.13. The van der Waals surface area contributed by atoms with Crippen LogP contribution in [0.2, 0.25) is 0 Å². The highest BCUT2D eigenvalue weighted by Crippen LogP contribution is 2.21. The maximum Gasteiger partial charge on any atom is 0.387 e. The maximum atomic E-state index is 12.0. The number of anilines is 1. The van der Waals surface area contributed by atoms with Crippen molar-refractivity contribution in [3.8, 4) is 5.75 Å². The number of alkyl halides is 2. The molecule has 9 heteroatoms. The molecule has 1 aromatic heterocycles. The van der Waals surface area contributed by atoms with Crippen LogP contribution in [0, 0.1) is 0 Å². The van der Waals surface area contributed by atoms with Gasteiger partial charge in [-0.2, -0.15) is 17.2 Å². The Kier molecular flexibility index (Phi) is 4.43. The van der Waals surface area contributed by atoms with Gasteiger partial charge in [0, 0.05) is 5.69 Å². The minimum atomic E-state index is -3.90. The van der Waals surface area contributed by atoms with Crippen molar-refractivity contribution in [2.24, 2.45) is 5.73 Å². The SMILES string of the molecule is NCc1ccc(S(=O)(=O)Nc2ccc(OC(F)F)cc2)o1. The minimum absolute atomic E-state index is 0.0728. The molecule has 0 aliphatic heterocycles. The van der Waals surface area contributed by atoms with Crippen LogP contribution in [0.4, 0.5) is 14.5 Å². The van der Waals surface area contributed by atoms with Gasteiger partial charge in [0.2, 0.25) is 5.09 Å². The summed E-state index contributed by atoms with van der Waals surface area (Å²) in [6.45, 7) is -2.86. The lowest BCUT2D eigenvalue weighted by Gasteiger charge is -2.07. The van der Waals surface area contributed by atoms with Crippen LogP contribution in [0.1, 0.15) is 5.76 Å². The Bertz CT molecular complexity index is 698. The molecule has 21 heavy (non-hydrogen) atoms. The number of furan rings is 1. The summed E-state index contributed by atoms with van der Waals surface area (Å²) in [5, 5.41) is -0.282. The van der Waals surface area contributed by atoms with Crippen LogP contribution in [0.3, 0.4) is 0 Å². The molecule has 1 aromatic carbocycles. The lowest BCUT2D eigenvalue weighted by Crippen LogP contribution is -2.12. The summed E-state index contributed by atoms with van der Waals surface area (Å²) in [6.07, 6.45) is 0. The van der Waals surface area contributed by atoms with Crippen LogP contribution in [0.15, 0.2) is 45.9 Å². The number of hydrogen-bond acceptors (Lipinski definition) is 5. The molecule has 6 nitrogen and oxygen atoms in total. The van der Waals surface area contributed by atoms with Crippen LogP contribution in [-0.4, -0.2) is 15.0 Å². The summed E-state index contributed by atoms with van der Waals surface area (Å²) in [4.78, 5) is 0. The number of rotatable bonds is 6. The normalized spacial score (nSPS) is 11.6. The van der Waals surface area contributed by atoms with E-state index in [1.54, 1.807) is 0 Å². The van der Waals surface area contributed by atoms with E-state index >= 15 is 0 Å². The second-order valence-electron chi connectivity index (χ2n) is 3.93. The Morgan fingerprint density at radius 2 is 1.86 bits per heavy atom. The molecule has 2 rings (SSSR count). The third-order valence-corrected chi connectivity index (χ3v) is 3.69. The molecule has 3 N–H and O–H groups in total. The molecule has 0 atom stereocenters. The minimum Gasteiger partial charge on any atom is -0.446 e. The first kappa shape index (κ1) is 15.3. The quantitative estimate of drug-likeness (QED) is 0.851. The Labute approximate surface area is 119 Å². The van der Waals surface area contributed by atoms with Crippen LogP contribution in [0.25, 0.3) is 0 Å². The summed E-state index contributed by atoms with van der Waals surface area (Å²) in [6, 6.07) is 7.76. The Morgan fingerprint density at radius 1 is 1.19 bits per heavy atom. The lowest BCUT2D eigenvalue weighted by molar-refractivity contribution is -0.0498. The molecule has 0 radical (unpaired) electrons. The fourth-order valence-electron chi connectivity index (χ4n) is 1.52. The first-order valence-electron chi connectivity index (χ1n) is 5.77. The van der Waals surface area contributed by atoms with Gasteiger partial charge in [-0.3, -0.25) is 4.72 Å². The third-order valence-electron chi connectivity index (χ3n) is 2.43. The molecule has 0 saturated heterocycles. The largest absolute Gasteiger partial charge is 0.446 e. The molecule has 1 heterocycles. The smallest absolute Gasteiger partial charge is 0.387 e. The molecule has 114 valence electrons. The molecule has 0 saturated carbocycles. The van der Waals surface area contributed by atoms with Gasteiger partial charge in [-0.25, -0.2) is 0 Å². The number of nitrogens with one attached hydrogen (secondary N) is 1. The van der Waals surface area contributed by atoms with Crippen molar-refractivity contribution in [3.05, 3.63) is 42.2 Å². The van der Waals surface area contributed by atoms with E-state index < -0.39 is 16.6 Å². The van der Waals surface area contributed by atoms with Crippen molar-refractivity contribution in [2.75, 3.05) is 4.72 Å². The number of sulfonamides is 1. The average Bonchev–Trinajstić information content (AvgIpc) is 2.90. The van der Waals surface area contributed by atoms with Crippen molar-refractivity contribution in [2.45, 2.75) is 18.2 Å². The standard InChI is InChI=1S/C12H12F2N2O4S/c13-12(14)20-9-3-1-8(2-4-9)16-21(17,18)11-6-5-10(7-15)19-11/h1-6,12,16H,7,15H2. The fourth-order valence-corrected chi connectivity index (χ4v) is 2.53. The highest BCUT2D eigenvalue weighted by Gasteiger charge is 2.18. The zero-order valence-electron chi connectivity index (χ0n) is 10.6. The maximum absolute atomic E-state index is 12.0. The van der Waals surface area contributed by atoms with Gasteiger partial charge in [0.1, 0.15) is 11.5 Å². The van der Waals surface area contributed by atoms with Gasteiger partial charge in [0.15, 0.2) is 0 Å². The fraction of sp³-hybridized carbons (Fsp3) is 0.167. The average molecular weight is 318 g/mol. The highest BCUT2D eigenvalue weighted by atomic mass is 32.2. The van der Waals surface area contributed by atoms with E-state index in [4.69, 9.17) is 10.2 Å². The van der Waals surface area contributed by atoms with Gasteiger partial charge in [0.05, 0.1) is 6.54 Å². The molecular formula is C12H12F2N2O4S. The summed E-state index contributed by atoms with van der Waals surface area (Å²) in [7, 11) is -3.90. The Hall–Kier alpha value is -2.13.